The van der Waals surface area contributed by atoms with Crippen LogP contribution in [0.5, 0.6) is 0 Å². The minimum absolute atomic E-state index is 0.0468. The molecule has 0 aromatic heterocycles. The minimum atomic E-state index is -0.802. The summed E-state index contributed by atoms with van der Waals surface area (Å²) >= 11 is 0. The van der Waals surface area contributed by atoms with Crippen LogP contribution < -0.4 is 5.32 Å². The summed E-state index contributed by atoms with van der Waals surface area (Å²) in [5.74, 6) is -1.59. The highest BCUT2D eigenvalue weighted by atomic mass is 19.2. The second-order valence-electron chi connectivity index (χ2n) is 4.12. The smallest absolute Gasteiger partial charge is 0.159 e. The van der Waals surface area contributed by atoms with Gasteiger partial charge in [0.2, 0.25) is 0 Å². The number of benzene rings is 1. The van der Waals surface area contributed by atoms with Gasteiger partial charge in [-0.1, -0.05) is 13.0 Å². The molecule has 4 heteroatoms. The predicted octanol–water partition coefficient (Wildman–Crippen LogP) is 3.43. The van der Waals surface area contributed by atoms with Crippen molar-refractivity contribution < 1.29 is 13.5 Å². The summed E-state index contributed by atoms with van der Waals surface area (Å²) in [4.78, 5) is 0. The Morgan fingerprint density at radius 1 is 1.22 bits per heavy atom. The summed E-state index contributed by atoms with van der Waals surface area (Å²) in [6.45, 7) is 6.14. The van der Waals surface area contributed by atoms with Gasteiger partial charge >= 0.3 is 0 Å². The summed E-state index contributed by atoms with van der Waals surface area (Å²) in [7, 11) is 0. The van der Waals surface area contributed by atoms with Gasteiger partial charge in [0.05, 0.1) is 0 Å². The van der Waals surface area contributed by atoms with Gasteiger partial charge in [-0.25, -0.2) is 8.78 Å². The molecule has 1 atom stereocenters. The molecule has 102 valence electrons. The molecule has 0 aliphatic heterocycles. The van der Waals surface area contributed by atoms with Crippen molar-refractivity contribution in [1.29, 1.82) is 0 Å². The van der Waals surface area contributed by atoms with Crippen molar-refractivity contribution in [2.75, 3.05) is 19.8 Å². The van der Waals surface area contributed by atoms with Gasteiger partial charge in [0, 0.05) is 19.3 Å². The molecule has 0 amide bonds. The summed E-state index contributed by atoms with van der Waals surface area (Å²) in [5.41, 5.74) is 0.784. The van der Waals surface area contributed by atoms with Crippen LogP contribution in [0.1, 0.15) is 38.3 Å². The Balaban J connectivity index is 2.61. The molecular formula is C14H21F2NO. The van der Waals surface area contributed by atoms with E-state index in [1.807, 2.05) is 13.8 Å². The van der Waals surface area contributed by atoms with E-state index in [1.54, 1.807) is 6.07 Å². The van der Waals surface area contributed by atoms with Gasteiger partial charge in [0.1, 0.15) is 0 Å². The lowest BCUT2D eigenvalue weighted by Crippen LogP contribution is -2.21. The normalized spacial score (nSPS) is 12.7. The second kappa shape index (κ2) is 8.16. The van der Waals surface area contributed by atoms with Gasteiger partial charge in [-0.3, -0.25) is 0 Å². The zero-order valence-electron chi connectivity index (χ0n) is 11.0. The molecule has 18 heavy (non-hydrogen) atoms. The zero-order chi connectivity index (χ0) is 13.4. The molecule has 0 aliphatic carbocycles. The molecular weight excluding hydrogens is 236 g/mol. The largest absolute Gasteiger partial charge is 0.382 e. The average molecular weight is 257 g/mol. The van der Waals surface area contributed by atoms with Gasteiger partial charge in [0.25, 0.3) is 0 Å². The molecule has 1 N–H and O–H groups in total. The maximum Gasteiger partial charge on any atom is 0.159 e. The number of rotatable bonds is 8. The number of nitrogens with one attached hydrogen (secondary N) is 1. The van der Waals surface area contributed by atoms with Crippen molar-refractivity contribution in [2.45, 2.75) is 32.7 Å². The molecule has 0 heterocycles. The van der Waals surface area contributed by atoms with Crippen LogP contribution in [0.3, 0.4) is 0 Å². The Kier molecular flexibility index (Phi) is 6.83. The molecule has 2 nitrogen and oxygen atoms in total. The van der Waals surface area contributed by atoms with Crippen molar-refractivity contribution in [3.05, 3.63) is 35.4 Å². The quantitative estimate of drug-likeness (QED) is 0.720. The fourth-order valence-corrected chi connectivity index (χ4v) is 1.90. The Bertz CT molecular complexity index is 358. The lowest BCUT2D eigenvalue weighted by atomic mass is 10.0. The second-order valence-corrected chi connectivity index (χ2v) is 4.12. The molecule has 0 radical (unpaired) electrons. The van der Waals surface area contributed by atoms with Crippen molar-refractivity contribution in [1.82, 2.24) is 5.32 Å². The first-order valence-corrected chi connectivity index (χ1v) is 6.45. The highest BCUT2D eigenvalue weighted by Gasteiger charge is 2.12. The highest BCUT2D eigenvalue weighted by Crippen LogP contribution is 2.20. The Labute approximate surface area is 107 Å². The van der Waals surface area contributed by atoms with Crippen LogP contribution in [0.15, 0.2) is 18.2 Å². The van der Waals surface area contributed by atoms with Crippen molar-refractivity contribution in [2.24, 2.45) is 0 Å². The van der Waals surface area contributed by atoms with Crippen LogP contribution >= 0.6 is 0 Å². The van der Waals surface area contributed by atoms with Gasteiger partial charge in [0.15, 0.2) is 11.6 Å². The van der Waals surface area contributed by atoms with Crippen LogP contribution in [-0.2, 0) is 4.74 Å². The van der Waals surface area contributed by atoms with Gasteiger partial charge in [-0.05, 0) is 44.0 Å². The van der Waals surface area contributed by atoms with Crippen molar-refractivity contribution >= 4 is 0 Å². The predicted molar refractivity (Wildman–Crippen MR) is 68.5 cm³/mol. The Morgan fingerprint density at radius 2 is 2.00 bits per heavy atom. The summed E-state index contributed by atoms with van der Waals surface area (Å²) in [6.07, 6.45) is 1.74. The van der Waals surface area contributed by atoms with E-state index in [4.69, 9.17) is 4.74 Å². The van der Waals surface area contributed by atoms with E-state index in [0.29, 0.717) is 13.2 Å². The van der Waals surface area contributed by atoms with E-state index >= 15 is 0 Å². The summed E-state index contributed by atoms with van der Waals surface area (Å²) in [6, 6.07) is 4.12. The summed E-state index contributed by atoms with van der Waals surface area (Å²) in [5, 5.41) is 3.28. The average Bonchev–Trinajstić information content (AvgIpc) is 2.37. The molecule has 0 aliphatic rings. The third-order valence-corrected chi connectivity index (χ3v) is 2.78. The third-order valence-electron chi connectivity index (χ3n) is 2.78. The van der Waals surface area contributed by atoms with Crippen LogP contribution in [0.2, 0.25) is 0 Å². The highest BCUT2D eigenvalue weighted by molar-refractivity contribution is 5.21. The third kappa shape index (κ3) is 4.70. The first-order valence-electron chi connectivity index (χ1n) is 6.45. The van der Waals surface area contributed by atoms with E-state index in [-0.39, 0.29) is 6.04 Å². The van der Waals surface area contributed by atoms with Gasteiger partial charge in [-0.15, -0.1) is 0 Å². The number of hydrogen-bond donors (Lipinski definition) is 1. The Morgan fingerprint density at radius 3 is 2.61 bits per heavy atom. The van der Waals surface area contributed by atoms with Crippen LogP contribution in [0.4, 0.5) is 8.78 Å². The Hall–Kier alpha value is -1.00. The maximum absolute atomic E-state index is 13.2. The summed E-state index contributed by atoms with van der Waals surface area (Å²) < 4.78 is 31.4. The molecule has 1 unspecified atom stereocenters. The van der Waals surface area contributed by atoms with Gasteiger partial charge in [-0.2, -0.15) is 0 Å². The lowest BCUT2D eigenvalue weighted by Gasteiger charge is -2.18. The van der Waals surface area contributed by atoms with E-state index in [2.05, 4.69) is 5.32 Å². The molecule has 1 rings (SSSR count). The number of hydrogen-bond acceptors (Lipinski definition) is 2. The molecule has 1 aromatic carbocycles. The molecule has 0 saturated carbocycles. The number of halogens is 2. The minimum Gasteiger partial charge on any atom is -0.382 e. The van der Waals surface area contributed by atoms with Crippen molar-refractivity contribution in [3.63, 3.8) is 0 Å². The molecule has 0 saturated heterocycles. The number of ether oxygens (including phenoxy) is 1. The van der Waals surface area contributed by atoms with Crippen LogP contribution in [0, 0.1) is 11.6 Å². The van der Waals surface area contributed by atoms with E-state index in [0.717, 1.165) is 24.9 Å². The van der Waals surface area contributed by atoms with Crippen LogP contribution in [-0.4, -0.2) is 19.8 Å². The van der Waals surface area contributed by atoms with Crippen LogP contribution in [0.25, 0.3) is 0 Å². The maximum atomic E-state index is 13.2. The fraction of sp³-hybridized carbons (Fsp3) is 0.571. The van der Waals surface area contributed by atoms with E-state index in [9.17, 15) is 8.78 Å². The molecule has 1 aromatic rings. The first kappa shape index (κ1) is 15.1. The topological polar surface area (TPSA) is 21.3 Å². The monoisotopic (exact) mass is 257 g/mol. The molecule has 0 bridgehead atoms. The van der Waals surface area contributed by atoms with E-state index in [1.165, 1.54) is 12.1 Å². The first-order chi connectivity index (χ1) is 8.69. The van der Waals surface area contributed by atoms with Crippen molar-refractivity contribution in [3.8, 4) is 0 Å². The zero-order valence-corrected chi connectivity index (χ0v) is 11.0. The van der Waals surface area contributed by atoms with E-state index < -0.39 is 11.6 Å². The standard InChI is InChI=1S/C14H21F2NO/c1-3-17-14(6-5-9-18-4-2)11-7-8-12(15)13(16)10-11/h7-8,10,14,17H,3-6,9H2,1-2H3. The fourth-order valence-electron chi connectivity index (χ4n) is 1.90. The molecule has 0 spiro atoms. The molecule has 0 fully saturated rings. The SMILES string of the molecule is CCNC(CCCOCC)c1ccc(F)c(F)c1. The lowest BCUT2D eigenvalue weighted by molar-refractivity contribution is 0.141. The van der Waals surface area contributed by atoms with Gasteiger partial charge < -0.3 is 10.1 Å².